The molecule has 6 atom stereocenters. The smallest absolute Gasteiger partial charge is 0.119 e. The van der Waals surface area contributed by atoms with Crippen LogP contribution < -0.4 is 5.30 Å². The van der Waals surface area contributed by atoms with Crippen LogP contribution in [0.25, 0.3) is 0 Å². The average molecular weight is 294 g/mol. The van der Waals surface area contributed by atoms with Gasteiger partial charge in [-0.05, 0) is 31.1 Å². The van der Waals surface area contributed by atoms with E-state index in [4.69, 9.17) is 0 Å². The van der Waals surface area contributed by atoms with Crippen LogP contribution in [-0.4, -0.2) is 34.2 Å². The van der Waals surface area contributed by atoms with Crippen LogP contribution in [0.5, 0.6) is 0 Å². The summed E-state index contributed by atoms with van der Waals surface area (Å²) in [6.45, 7) is 3.65. The zero-order valence-electron chi connectivity index (χ0n) is 12.1. The van der Waals surface area contributed by atoms with Gasteiger partial charge in [0, 0.05) is 17.1 Å². The summed E-state index contributed by atoms with van der Waals surface area (Å²) in [6.07, 6.45) is 1.45. The van der Waals surface area contributed by atoms with Crippen molar-refractivity contribution in [3.8, 4) is 0 Å². The van der Waals surface area contributed by atoms with Gasteiger partial charge in [-0.3, -0.25) is 0 Å². The highest BCUT2D eigenvalue weighted by Crippen LogP contribution is 2.70. The Bertz CT molecular complexity index is 540. The molecule has 1 aromatic carbocycles. The van der Waals surface area contributed by atoms with E-state index in [1.165, 1.54) is 0 Å². The fraction of sp³-hybridized carbons (Fsp3) is 0.625. The molecule has 2 fully saturated rings. The summed E-state index contributed by atoms with van der Waals surface area (Å²) in [5, 5.41) is 20.7. The van der Waals surface area contributed by atoms with Gasteiger partial charge in [-0.2, -0.15) is 0 Å². The summed E-state index contributed by atoms with van der Waals surface area (Å²) in [7, 11) is -2.35. The monoisotopic (exact) mass is 294 g/mol. The lowest BCUT2D eigenvalue weighted by molar-refractivity contribution is -0.0591. The van der Waals surface area contributed by atoms with Crippen molar-refractivity contribution in [1.29, 1.82) is 0 Å². The first kappa shape index (κ1) is 14.3. The molecule has 0 unspecified atom stereocenters. The zero-order valence-corrected chi connectivity index (χ0v) is 13.0. The minimum absolute atomic E-state index is 0.0679. The Hall–Kier alpha value is -0.630. The lowest BCUT2D eigenvalue weighted by Crippen LogP contribution is -2.43. The maximum Gasteiger partial charge on any atom is 0.119 e. The predicted octanol–water partition coefficient (Wildman–Crippen LogP) is 2.07. The molecule has 2 bridgehead atoms. The fourth-order valence-electron chi connectivity index (χ4n) is 4.40. The van der Waals surface area contributed by atoms with Crippen molar-refractivity contribution in [2.45, 2.75) is 31.5 Å². The minimum atomic E-state index is -2.35. The molecule has 0 amide bonds. The first-order valence-corrected chi connectivity index (χ1v) is 9.34. The number of hydrogen-bond acceptors (Lipinski definition) is 3. The quantitative estimate of drug-likeness (QED) is 0.839. The zero-order chi connectivity index (χ0) is 14.5. The minimum Gasteiger partial charge on any atom is -0.393 e. The number of aliphatic hydroxyl groups is 2. The first-order chi connectivity index (χ1) is 9.40. The summed E-state index contributed by atoms with van der Waals surface area (Å²) in [6, 6.07) is 9.81. The highest BCUT2D eigenvalue weighted by Gasteiger charge is 2.60. The van der Waals surface area contributed by atoms with E-state index in [2.05, 4.69) is 6.92 Å². The molecule has 110 valence electrons. The molecule has 3 nitrogen and oxygen atoms in total. The average Bonchev–Trinajstić information content (AvgIpc) is 2.90. The first-order valence-electron chi connectivity index (χ1n) is 7.38. The Morgan fingerprint density at radius 2 is 2.00 bits per heavy atom. The summed E-state index contributed by atoms with van der Waals surface area (Å²) in [5.41, 5.74) is -0.881. The molecule has 20 heavy (non-hydrogen) atoms. The number of rotatable bonds is 3. The van der Waals surface area contributed by atoms with Gasteiger partial charge >= 0.3 is 0 Å². The number of aliphatic hydroxyl groups excluding tert-OH is 1. The Morgan fingerprint density at radius 3 is 2.50 bits per heavy atom. The van der Waals surface area contributed by atoms with Crippen molar-refractivity contribution in [3.63, 3.8) is 0 Å². The van der Waals surface area contributed by atoms with E-state index in [9.17, 15) is 14.8 Å². The van der Waals surface area contributed by atoms with Crippen molar-refractivity contribution >= 4 is 12.4 Å². The molecule has 1 aliphatic carbocycles. The summed E-state index contributed by atoms with van der Waals surface area (Å²) in [4.78, 5) is 0. The third kappa shape index (κ3) is 1.91. The molecule has 2 aliphatic rings. The third-order valence-electron chi connectivity index (χ3n) is 5.62. The van der Waals surface area contributed by atoms with Gasteiger partial charge in [0.2, 0.25) is 0 Å². The molecular formula is C16H23O3P. The highest BCUT2D eigenvalue weighted by molar-refractivity contribution is 7.72. The van der Waals surface area contributed by atoms with E-state index in [1.54, 1.807) is 6.92 Å². The molecule has 2 N–H and O–H groups in total. The summed E-state index contributed by atoms with van der Waals surface area (Å²) >= 11 is 0. The van der Waals surface area contributed by atoms with Crippen LogP contribution in [0, 0.1) is 17.8 Å². The van der Waals surface area contributed by atoms with Crippen LogP contribution in [0.15, 0.2) is 30.3 Å². The summed E-state index contributed by atoms with van der Waals surface area (Å²) in [5.74, 6) is 0.690. The normalized spacial score (nSPS) is 42.6. The Labute approximate surface area is 120 Å². The fourth-order valence-corrected chi connectivity index (χ4v) is 8.71. The van der Waals surface area contributed by atoms with E-state index in [-0.39, 0.29) is 24.1 Å². The molecule has 0 aromatic heterocycles. The largest absolute Gasteiger partial charge is 0.393 e. The Kier molecular flexibility index (Phi) is 3.36. The van der Waals surface area contributed by atoms with Crippen LogP contribution in [0.3, 0.4) is 0 Å². The molecule has 1 heterocycles. The van der Waals surface area contributed by atoms with E-state index in [1.807, 2.05) is 30.3 Å². The van der Waals surface area contributed by atoms with Crippen molar-refractivity contribution < 1.29 is 14.8 Å². The van der Waals surface area contributed by atoms with E-state index < -0.39 is 12.7 Å². The van der Waals surface area contributed by atoms with Crippen LogP contribution >= 0.6 is 7.14 Å². The number of hydrogen-bond donors (Lipinski definition) is 2. The molecule has 0 radical (unpaired) electrons. The second-order valence-electron chi connectivity index (χ2n) is 6.76. The van der Waals surface area contributed by atoms with Gasteiger partial charge < -0.3 is 14.8 Å². The van der Waals surface area contributed by atoms with Gasteiger partial charge in [0.15, 0.2) is 0 Å². The molecule has 1 aromatic rings. The topological polar surface area (TPSA) is 57.5 Å². The van der Waals surface area contributed by atoms with Gasteiger partial charge in [0.25, 0.3) is 0 Å². The van der Waals surface area contributed by atoms with Crippen molar-refractivity contribution in [2.24, 2.45) is 17.8 Å². The Balaban J connectivity index is 1.92. The van der Waals surface area contributed by atoms with Gasteiger partial charge in [0.05, 0.1) is 12.2 Å². The van der Waals surface area contributed by atoms with E-state index >= 15 is 0 Å². The van der Waals surface area contributed by atoms with Gasteiger partial charge in [-0.1, -0.05) is 37.3 Å². The molecule has 0 spiro atoms. The van der Waals surface area contributed by atoms with Gasteiger partial charge in [-0.25, -0.2) is 0 Å². The third-order valence-corrected chi connectivity index (χ3v) is 9.51. The molecule has 1 aliphatic heterocycles. The maximum absolute atomic E-state index is 13.4. The van der Waals surface area contributed by atoms with Crippen molar-refractivity contribution in [2.75, 3.05) is 12.8 Å². The SMILES string of the molecule is C[C@H]1[C@@H]2C[P@](=O)(c3ccccc3)[C@H]1C[C@H]2[C@@](C)(O)CO. The van der Waals surface area contributed by atoms with Crippen molar-refractivity contribution in [3.05, 3.63) is 30.3 Å². The number of fused-ring (bicyclic) bond motifs is 2. The number of benzene rings is 1. The maximum atomic E-state index is 13.4. The second kappa shape index (κ2) is 4.69. The molecular weight excluding hydrogens is 271 g/mol. The summed E-state index contributed by atoms with van der Waals surface area (Å²) < 4.78 is 13.4. The molecule has 1 saturated heterocycles. The van der Waals surface area contributed by atoms with E-state index in [0.29, 0.717) is 12.1 Å². The van der Waals surface area contributed by atoms with Gasteiger partial charge in [-0.15, -0.1) is 0 Å². The lowest BCUT2D eigenvalue weighted by Gasteiger charge is -2.37. The van der Waals surface area contributed by atoms with E-state index in [0.717, 1.165) is 11.7 Å². The lowest BCUT2D eigenvalue weighted by atomic mass is 9.80. The van der Waals surface area contributed by atoms with Gasteiger partial charge in [0.1, 0.15) is 7.14 Å². The van der Waals surface area contributed by atoms with Crippen molar-refractivity contribution in [1.82, 2.24) is 0 Å². The second-order valence-corrected chi connectivity index (χ2v) is 9.90. The van der Waals surface area contributed by atoms with Crippen LogP contribution in [0.1, 0.15) is 20.3 Å². The molecule has 3 rings (SSSR count). The van der Waals surface area contributed by atoms with Crippen LogP contribution in [-0.2, 0) is 4.57 Å². The standard InChI is InChI=1S/C16H23O3P/c1-11-13-9-20(19,12-6-4-3-5-7-12)15(11)8-14(13)16(2,18)10-17/h3-7,11,13-15,17-18H,8-10H2,1-2H3/t11-,13-,14+,15-,16-,20-/m0/s1. The molecule has 1 saturated carbocycles. The van der Waals surface area contributed by atoms with Crippen LogP contribution in [0.4, 0.5) is 0 Å². The molecule has 4 heteroatoms. The van der Waals surface area contributed by atoms with Crippen LogP contribution in [0.2, 0.25) is 0 Å². The Morgan fingerprint density at radius 1 is 1.35 bits per heavy atom. The predicted molar refractivity (Wildman–Crippen MR) is 80.8 cm³/mol. The highest BCUT2D eigenvalue weighted by atomic mass is 31.2.